The number of carbonyl (C=O) groups is 1. The lowest BCUT2D eigenvalue weighted by Gasteiger charge is -2.21. The van der Waals surface area contributed by atoms with E-state index in [4.69, 9.17) is 4.74 Å². The number of carboxylic acid groups (broad SMARTS) is 1. The van der Waals surface area contributed by atoms with E-state index in [1.54, 1.807) is 12.4 Å². The monoisotopic (exact) mass is 519 g/mol. The minimum atomic E-state index is -4.44. The van der Waals surface area contributed by atoms with Crippen molar-refractivity contribution in [2.45, 2.75) is 83.4 Å². The fourth-order valence-electron chi connectivity index (χ4n) is 4.69. The van der Waals surface area contributed by atoms with Crippen molar-refractivity contribution < 1.29 is 27.8 Å². The van der Waals surface area contributed by atoms with Gasteiger partial charge < -0.3 is 9.84 Å². The van der Waals surface area contributed by atoms with Crippen molar-refractivity contribution in [3.8, 4) is 11.7 Å². The van der Waals surface area contributed by atoms with Gasteiger partial charge in [-0.15, -0.1) is 5.10 Å². The van der Waals surface area contributed by atoms with Crippen molar-refractivity contribution in [3.63, 3.8) is 0 Å². The summed E-state index contributed by atoms with van der Waals surface area (Å²) < 4.78 is 47.9. The van der Waals surface area contributed by atoms with Gasteiger partial charge in [0.2, 0.25) is 5.88 Å². The van der Waals surface area contributed by atoms with E-state index in [0.29, 0.717) is 36.7 Å². The first-order valence-corrected chi connectivity index (χ1v) is 12.8. The predicted octanol–water partition coefficient (Wildman–Crippen LogP) is 5.58. The summed E-state index contributed by atoms with van der Waals surface area (Å²) in [7, 11) is 0. The van der Waals surface area contributed by atoms with Gasteiger partial charge in [0.15, 0.2) is 5.82 Å². The van der Waals surface area contributed by atoms with Crippen molar-refractivity contribution >= 4 is 5.97 Å². The van der Waals surface area contributed by atoms with E-state index in [1.807, 2.05) is 11.6 Å². The van der Waals surface area contributed by atoms with Crippen molar-refractivity contribution in [3.05, 3.63) is 53.1 Å². The van der Waals surface area contributed by atoms with Gasteiger partial charge in [-0.2, -0.15) is 18.3 Å². The first-order chi connectivity index (χ1) is 17.7. The molecule has 37 heavy (non-hydrogen) atoms. The molecular formula is C26H32F3N5O3. The highest BCUT2D eigenvalue weighted by Crippen LogP contribution is 2.31. The van der Waals surface area contributed by atoms with Gasteiger partial charge in [0.1, 0.15) is 0 Å². The fourth-order valence-corrected chi connectivity index (χ4v) is 4.69. The molecule has 1 saturated carbocycles. The second-order valence-electron chi connectivity index (χ2n) is 9.45. The maximum absolute atomic E-state index is 12.9. The lowest BCUT2D eigenvalue weighted by molar-refractivity contribution is -0.138. The number of halogens is 3. The number of hydrogen-bond donors (Lipinski definition) is 1. The van der Waals surface area contributed by atoms with Crippen LogP contribution in [-0.4, -0.2) is 42.2 Å². The van der Waals surface area contributed by atoms with Gasteiger partial charge >= 0.3 is 12.1 Å². The van der Waals surface area contributed by atoms with Crippen LogP contribution in [0.2, 0.25) is 0 Å². The number of alkyl halides is 3. The number of aromatic nitrogens is 5. The normalized spacial score (nSPS) is 14.7. The third-order valence-electron chi connectivity index (χ3n) is 6.56. The van der Waals surface area contributed by atoms with E-state index in [0.717, 1.165) is 62.0 Å². The number of nitrogens with zero attached hydrogens (tertiary/aromatic N) is 5. The number of pyridine rings is 1. The molecule has 11 heteroatoms. The lowest BCUT2D eigenvalue weighted by Crippen LogP contribution is -2.13. The number of aryl methyl sites for hydroxylation is 2. The van der Waals surface area contributed by atoms with Crippen LogP contribution in [0.5, 0.6) is 5.88 Å². The molecule has 1 N–H and O–H groups in total. The van der Waals surface area contributed by atoms with Crippen LogP contribution in [-0.2, 0) is 30.2 Å². The third kappa shape index (κ3) is 6.90. The molecular weight excluding hydrogens is 487 g/mol. The zero-order chi connectivity index (χ0) is 26.4. The van der Waals surface area contributed by atoms with Gasteiger partial charge in [-0.05, 0) is 49.8 Å². The lowest BCUT2D eigenvalue weighted by atomic mass is 9.96. The molecule has 0 saturated heterocycles. The summed E-state index contributed by atoms with van der Waals surface area (Å²) in [5.41, 5.74) is 1.62. The number of ether oxygens (including phenoxy) is 1. The van der Waals surface area contributed by atoms with Crippen LogP contribution >= 0.6 is 0 Å². The molecule has 200 valence electrons. The van der Waals surface area contributed by atoms with Crippen LogP contribution in [0.1, 0.15) is 80.3 Å². The van der Waals surface area contributed by atoms with Crippen molar-refractivity contribution in [1.29, 1.82) is 0 Å². The summed E-state index contributed by atoms with van der Waals surface area (Å²) in [5, 5.41) is 18.4. The highest BCUT2D eigenvalue weighted by molar-refractivity contribution is 5.70. The average Bonchev–Trinajstić information content (AvgIpc) is 3.46. The number of rotatable bonds is 11. The van der Waals surface area contributed by atoms with Crippen molar-refractivity contribution in [2.24, 2.45) is 0 Å². The molecule has 1 aliphatic carbocycles. The van der Waals surface area contributed by atoms with Gasteiger partial charge in [0, 0.05) is 24.2 Å². The van der Waals surface area contributed by atoms with Crippen LogP contribution in [0.4, 0.5) is 13.2 Å². The van der Waals surface area contributed by atoms with Crippen LogP contribution in [0.25, 0.3) is 5.82 Å². The smallest absolute Gasteiger partial charge is 0.417 e. The summed E-state index contributed by atoms with van der Waals surface area (Å²) in [6, 6.07) is 2.59. The summed E-state index contributed by atoms with van der Waals surface area (Å²) in [5.74, 6) is -0.243. The largest absolute Gasteiger partial charge is 0.481 e. The molecule has 0 aromatic carbocycles. The molecule has 3 heterocycles. The molecule has 3 aromatic heterocycles. The zero-order valence-electron chi connectivity index (χ0n) is 20.9. The standard InChI is InChI=1S/C26H32F3N5O3/c1-2-7-22-18(16-34(31-22)23-12-11-20(15-30-23)26(27,28)29)8-6-13-37-25-19(14-24(35)36)17-33(32-25)21-9-4-3-5-10-21/h11-12,15-17,21H,2-10,13-14H2,1H3,(H,35,36). The molecule has 1 aliphatic rings. The summed E-state index contributed by atoms with van der Waals surface area (Å²) >= 11 is 0. The third-order valence-corrected chi connectivity index (χ3v) is 6.56. The first-order valence-electron chi connectivity index (χ1n) is 12.8. The van der Waals surface area contributed by atoms with Crippen LogP contribution < -0.4 is 4.74 Å². The Balaban J connectivity index is 1.41. The quantitative estimate of drug-likeness (QED) is 0.333. The summed E-state index contributed by atoms with van der Waals surface area (Å²) in [6.45, 7) is 2.39. The van der Waals surface area contributed by atoms with E-state index in [9.17, 15) is 23.1 Å². The van der Waals surface area contributed by atoms with E-state index in [2.05, 4.69) is 15.2 Å². The van der Waals surface area contributed by atoms with Crippen molar-refractivity contribution in [1.82, 2.24) is 24.5 Å². The molecule has 8 nitrogen and oxygen atoms in total. The molecule has 0 aliphatic heterocycles. The highest BCUT2D eigenvalue weighted by atomic mass is 19.4. The molecule has 3 aromatic rings. The molecule has 0 atom stereocenters. The van der Waals surface area contributed by atoms with Crippen LogP contribution in [0.15, 0.2) is 30.7 Å². The van der Waals surface area contributed by atoms with Gasteiger partial charge in [-0.1, -0.05) is 32.6 Å². The number of aliphatic carboxylic acids is 1. The maximum atomic E-state index is 12.9. The molecule has 0 radical (unpaired) electrons. The molecule has 0 unspecified atom stereocenters. The second kappa shape index (κ2) is 11.8. The van der Waals surface area contributed by atoms with E-state index >= 15 is 0 Å². The Labute approximate surface area is 213 Å². The average molecular weight is 520 g/mol. The van der Waals surface area contributed by atoms with Gasteiger partial charge in [0.25, 0.3) is 0 Å². The van der Waals surface area contributed by atoms with Crippen LogP contribution in [0.3, 0.4) is 0 Å². The Kier molecular flexibility index (Phi) is 8.50. The molecule has 1 fully saturated rings. The van der Waals surface area contributed by atoms with E-state index < -0.39 is 17.7 Å². The topological polar surface area (TPSA) is 95.1 Å². The maximum Gasteiger partial charge on any atom is 0.417 e. The molecule has 0 bridgehead atoms. The fraction of sp³-hybridized carbons (Fsp3) is 0.538. The Hall–Kier alpha value is -3.37. The zero-order valence-corrected chi connectivity index (χ0v) is 20.9. The molecule has 4 rings (SSSR count). The molecule has 0 spiro atoms. The number of hydrogen-bond acceptors (Lipinski definition) is 5. The number of carboxylic acids is 1. The molecule has 0 amide bonds. The van der Waals surface area contributed by atoms with E-state index in [-0.39, 0.29) is 12.5 Å². The summed E-state index contributed by atoms with van der Waals surface area (Å²) in [6.07, 6.45) is 8.30. The van der Waals surface area contributed by atoms with Gasteiger partial charge in [-0.3, -0.25) is 9.48 Å². The predicted molar refractivity (Wildman–Crippen MR) is 130 cm³/mol. The SMILES string of the molecule is CCCc1nn(-c2ccc(C(F)(F)F)cn2)cc1CCCOc1nn(C2CCCCC2)cc1CC(=O)O. The first kappa shape index (κ1) is 26.7. The van der Waals surface area contributed by atoms with Gasteiger partial charge in [-0.25, -0.2) is 9.67 Å². The minimum Gasteiger partial charge on any atom is -0.481 e. The summed E-state index contributed by atoms with van der Waals surface area (Å²) in [4.78, 5) is 15.3. The Morgan fingerprint density at radius 1 is 1.11 bits per heavy atom. The van der Waals surface area contributed by atoms with Crippen LogP contribution in [0, 0.1) is 0 Å². The minimum absolute atomic E-state index is 0.143. The van der Waals surface area contributed by atoms with E-state index in [1.165, 1.54) is 17.2 Å². The van der Waals surface area contributed by atoms with Gasteiger partial charge in [0.05, 0.1) is 30.3 Å². The Morgan fingerprint density at radius 3 is 2.54 bits per heavy atom. The Bertz CT molecular complexity index is 1180. The van der Waals surface area contributed by atoms with Crippen molar-refractivity contribution in [2.75, 3.05) is 6.61 Å². The second-order valence-corrected chi connectivity index (χ2v) is 9.45. The highest BCUT2D eigenvalue weighted by Gasteiger charge is 2.30. The Morgan fingerprint density at radius 2 is 1.89 bits per heavy atom.